The summed E-state index contributed by atoms with van der Waals surface area (Å²) >= 11 is 0. The van der Waals surface area contributed by atoms with Gasteiger partial charge in [-0.2, -0.15) is 0 Å². The van der Waals surface area contributed by atoms with Crippen LogP contribution in [0.5, 0.6) is 0 Å². The highest BCUT2D eigenvalue weighted by molar-refractivity contribution is 5.96. The van der Waals surface area contributed by atoms with Crippen LogP contribution in [0.3, 0.4) is 0 Å². The van der Waals surface area contributed by atoms with Crippen molar-refractivity contribution in [2.75, 3.05) is 0 Å². The second-order valence-corrected chi connectivity index (χ2v) is 5.10. The third-order valence-electron chi connectivity index (χ3n) is 3.58. The molecule has 0 radical (unpaired) electrons. The zero-order chi connectivity index (χ0) is 12.5. The van der Waals surface area contributed by atoms with Gasteiger partial charge in [-0.05, 0) is 24.8 Å². The van der Waals surface area contributed by atoms with Crippen LogP contribution in [-0.2, 0) is 4.79 Å². The number of hydrogen-bond donors (Lipinski definition) is 1. The van der Waals surface area contributed by atoms with Crippen LogP contribution in [0, 0.1) is 0 Å². The Morgan fingerprint density at radius 1 is 0.941 bits per heavy atom. The number of aliphatic hydroxyl groups excluding tert-OH is 1. The second-order valence-electron chi connectivity index (χ2n) is 5.10. The number of carbonyl (C=O) groups is 1. The van der Waals surface area contributed by atoms with Gasteiger partial charge in [0.2, 0.25) is 0 Å². The molecule has 17 heavy (non-hydrogen) atoms. The lowest BCUT2D eigenvalue weighted by Gasteiger charge is -2.03. The number of ketones is 1. The van der Waals surface area contributed by atoms with Crippen LogP contribution in [0.25, 0.3) is 0 Å². The summed E-state index contributed by atoms with van der Waals surface area (Å²) in [5.41, 5.74) is 1.00. The van der Waals surface area contributed by atoms with E-state index in [4.69, 9.17) is 0 Å². The van der Waals surface area contributed by atoms with E-state index in [0.29, 0.717) is 6.42 Å². The van der Waals surface area contributed by atoms with E-state index in [1.165, 1.54) is 44.9 Å². The van der Waals surface area contributed by atoms with Crippen molar-refractivity contribution in [1.82, 2.24) is 0 Å². The molecule has 1 aliphatic rings. The Bertz CT molecular complexity index is 266. The number of unbranched alkanes of at least 4 members (excludes halogenated alkanes) is 7. The highest BCUT2D eigenvalue weighted by Gasteiger charge is 2.21. The maximum atomic E-state index is 11.1. The highest BCUT2D eigenvalue weighted by Crippen LogP contribution is 2.25. The zero-order valence-corrected chi connectivity index (χ0v) is 11.1. The molecule has 0 saturated carbocycles. The third-order valence-corrected chi connectivity index (χ3v) is 3.58. The van der Waals surface area contributed by atoms with Gasteiger partial charge in [0.05, 0.1) is 0 Å². The zero-order valence-electron chi connectivity index (χ0n) is 11.1. The molecule has 0 bridgehead atoms. The van der Waals surface area contributed by atoms with Crippen LogP contribution in [0.4, 0.5) is 0 Å². The van der Waals surface area contributed by atoms with E-state index in [1.54, 1.807) is 0 Å². The molecule has 2 nitrogen and oxygen atoms in total. The van der Waals surface area contributed by atoms with Crippen molar-refractivity contribution in [3.05, 3.63) is 11.3 Å². The maximum absolute atomic E-state index is 11.1. The first-order valence-electron chi connectivity index (χ1n) is 7.20. The summed E-state index contributed by atoms with van der Waals surface area (Å²) in [4.78, 5) is 11.1. The third kappa shape index (κ3) is 5.38. The summed E-state index contributed by atoms with van der Waals surface area (Å²) in [6.07, 6.45) is 12.6. The van der Waals surface area contributed by atoms with Crippen LogP contribution in [0.15, 0.2) is 11.3 Å². The van der Waals surface area contributed by atoms with Crippen molar-refractivity contribution in [3.8, 4) is 0 Å². The topological polar surface area (TPSA) is 37.3 Å². The van der Waals surface area contributed by atoms with Gasteiger partial charge in [-0.15, -0.1) is 0 Å². The van der Waals surface area contributed by atoms with Gasteiger partial charge in [0.1, 0.15) is 0 Å². The minimum Gasteiger partial charge on any atom is -0.504 e. The summed E-state index contributed by atoms with van der Waals surface area (Å²) in [6, 6.07) is 0. The highest BCUT2D eigenvalue weighted by atomic mass is 16.3. The Morgan fingerprint density at radius 3 is 2.06 bits per heavy atom. The predicted molar refractivity (Wildman–Crippen MR) is 71.1 cm³/mol. The van der Waals surface area contributed by atoms with E-state index >= 15 is 0 Å². The molecule has 0 heterocycles. The first-order valence-corrected chi connectivity index (χ1v) is 7.20. The molecule has 0 fully saturated rings. The lowest BCUT2D eigenvalue weighted by Crippen LogP contribution is -1.94. The second kappa shape index (κ2) is 8.32. The van der Waals surface area contributed by atoms with Crippen LogP contribution in [0.1, 0.15) is 77.6 Å². The number of aliphatic hydroxyl groups is 1. The quantitative estimate of drug-likeness (QED) is 0.591. The van der Waals surface area contributed by atoms with Gasteiger partial charge in [-0.3, -0.25) is 4.79 Å². The van der Waals surface area contributed by atoms with Crippen LogP contribution >= 0.6 is 0 Å². The van der Waals surface area contributed by atoms with Crippen molar-refractivity contribution in [1.29, 1.82) is 0 Å². The Kier molecular flexibility index (Phi) is 6.99. The molecule has 0 unspecified atom stereocenters. The molecule has 0 aromatic carbocycles. The molecular formula is C15H26O2. The van der Waals surface area contributed by atoms with E-state index < -0.39 is 0 Å². The maximum Gasteiger partial charge on any atom is 0.197 e. The van der Waals surface area contributed by atoms with Gasteiger partial charge >= 0.3 is 0 Å². The molecule has 0 saturated heterocycles. The minimum atomic E-state index is -0.0560. The number of carbonyl (C=O) groups excluding carboxylic acids is 1. The molecule has 98 valence electrons. The van der Waals surface area contributed by atoms with Crippen molar-refractivity contribution >= 4 is 5.78 Å². The van der Waals surface area contributed by atoms with Gasteiger partial charge in [-0.1, -0.05) is 51.9 Å². The van der Waals surface area contributed by atoms with Gasteiger partial charge in [0, 0.05) is 6.42 Å². The van der Waals surface area contributed by atoms with E-state index in [9.17, 15) is 9.90 Å². The van der Waals surface area contributed by atoms with Crippen LogP contribution in [-0.4, -0.2) is 10.9 Å². The first kappa shape index (κ1) is 14.3. The Hall–Kier alpha value is -0.790. The number of rotatable bonds is 9. The minimum absolute atomic E-state index is 0.0560. The fraction of sp³-hybridized carbons (Fsp3) is 0.800. The SMILES string of the molecule is CCCCCCCCCCC1=C(O)C(=O)CC1. The molecule has 0 aromatic heterocycles. The molecule has 0 spiro atoms. The first-order chi connectivity index (χ1) is 8.25. The van der Waals surface area contributed by atoms with E-state index in [1.807, 2.05) is 0 Å². The largest absolute Gasteiger partial charge is 0.504 e. The van der Waals surface area contributed by atoms with Gasteiger partial charge < -0.3 is 5.11 Å². The lowest BCUT2D eigenvalue weighted by atomic mass is 10.0. The number of hydrogen-bond acceptors (Lipinski definition) is 2. The fourth-order valence-electron chi connectivity index (χ4n) is 2.41. The van der Waals surface area contributed by atoms with Gasteiger partial charge in [0.15, 0.2) is 11.5 Å². The van der Waals surface area contributed by atoms with E-state index in [-0.39, 0.29) is 11.5 Å². The average molecular weight is 238 g/mol. The smallest absolute Gasteiger partial charge is 0.197 e. The Morgan fingerprint density at radius 2 is 1.53 bits per heavy atom. The molecule has 2 heteroatoms. The number of Topliss-reactive ketones (excluding diaryl/α,β-unsaturated/α-hetero) is 1. The molecule has 0 atom stereocenters. The molecule has 0 aromatic rings. The predicted octanol–water partition coefficient (Wildman–Crippen LogP) is 4.69. The van der Waals surface area contributed by atoms with Crippen LogP contribution < -0.4 is 0 Å². The summed E-state index contributed by atoms with van der Waals surface area (Å²) in [7, 11) is 0. The molecule has 1 aliphatic carbocycles. The summed E-state index contributed by atoms with van der Waals surface area (Å²) in [6.45, 7) is 2.24. The molecule has 0 aliphatic heterocycles. The van der Waals surface area contributed by atoms with Gasteiger partial charge in [0.25, 0.3) is 0 Å². The Labute approximate surface area is 105 Å². The standard InChI is InChI=1S/C15H26O2/c1-2-3-4-5-6-7-8-9-10-13-11-12-14(16)15(13)17/h17H,2-12H2,1H3. The fourth-order valence-corrected chi connectivity index (χ4v) is 2.41. The lowest BCUT2D eigenvalue weighted by molar-refractivity contribution is -0.117. The van der Waals surface area contributed by atoms with Gasteiger partial charge in [-0.25, -0.2) is 0 Å². The Balaban J connectivity index is 1.96. The van der Waals surface area contributed by atoms with E-state index in [0.717, 1.165) is 24.8 Å². The van der Waals surface area contributed by atoms with Crippen molar-refractivity contribution < 1.29 is 9.90 Å². The van der Waals surface area contributed by atoms with Crippen LogP contribution in [0.2, 0.25) is 0 Å². The molecule has 1 N–H and O–H groups in total. The summed E-state index contributed by atoms with van der Waals surface area (Å²) in [5.74, 6) is 0.0208. The van der Waals surface area contributed by atoms with Crippen molar-refractivity contribution in [3.63, 3.8) is 0 Å². The monoisotopic (exact) mass is 238 g/mol. The molecular weight excluding hydrogens is 212 g/mol. The average Bonchev–Trinajstić information content (AvgIpc) is 2.64. The summed E-state index contributed by atoms with van der Waals surface area (Å²) < 4.78 is 0. The van der Waals surface area contributed by atoms with Crippen molar-refractivity contribution in [2.45, 2.75) is 77.6 Å². The molecule has 0 amide bonds. The number of allylic oxidation sites excluding steroid dienone is 2. The summed E-state index contributed by atoms with van der Waals surface area (Å²) in [5, 5.41) is 9.49. The van der Waals surface area contributed by atoms with Crippen molar-refractivity contribution in [2.24, 2.45) is 0 Å². The normalized spacial score (nSPS) is 15.9. The van der Waals surface area contributed by atoms with E-state index in [2.05, 4.69) is 6.92 Å². The molecule has 1 rings (SSSR count).